The normalized spacial score (nSPS) is 20.6. The highest BCUT2D eigenvalue weighted by Crippen LogP contribution is 2.19. The summed E-state index contributed by atoms with van der Waals surface area (Å²) < 4.78 is 0. The predicted octanol–water partition coefficient (Wildman–Crippen LogP) is 0.897. The fourth-order valence-electron chi connectivity index (χ4n) is 3.44. The fraction of sp³-hybridized carbons (Fsp3) is 0.412. The molecular formula is C17H20N6O2. The minimum atomic E-state index is -0.133. The summed E-state index contributed by atoms with van der Waals surface area (Å²) in [7, 11) is 0. The predicted molar refractivity (Wildman–Crippen MR) is 90.4 cm³/mol. The van der Waals surface area contributed by atoms with Crippen molar-refractivity contribution in [3.63, 3.8) is 0 Å². The molecule has 0 bridgehead atoms. The van der Waals surface area contributed by atoms with E-state index in [2.05, 4.69) is 15.5 Å². The Hall–Kier alpha value is -2.90. The summed E-state index contributed by atoms with van der Waals surface area (Å²) in [6.45, 7) is 2.61. The Morgan fingerprint density at radius 3 is 2.80 bits per heavy atom. The number of piperidine rings is 1. The van der Waals surface area contributed by atoms with Crippen LogP contribution in [0.3, 0.4) is 0 Å². The molecule has 0 saturated carbocycles. The van der Waals surface area contributed by atoms with Gasteiger partial charge in [0.15, 0.2) is 5.69 Å². The van der Waals surface area contributed by atoms with E-state index in [1.165, 1.54) is 11.0 Å². The monoisotopic (exact) mass is 340 g/mol. The average Bonchev–Trinajstić information content (AvgIpc) is 3.31. The third kappa shape index (κ3) is 3.07. The molecule has 2 saturated heterocycles. The summed E-state index contributed by atoms with van der Waals surface area (Å²) >= 11 is 0. The zero-order chi connectivity index (χ0) is 17.2. The molecule has 130 valence electrons. The third-order valence-corrected chi connectivity index (χ3v) is 4.71. The van der Waals surface area contributed by atoms with Gasteiger partial charge in [0, 0.05) is 26.2 Å². The quantitative estimate of drug-likeness (QED) is 0.900. The van der Waals surface area contributed by atoms with Crippen molar-refractivity contribution in [2.24, 2.45) is 0 Å². The van der Waals surface area contributed by atoms with Crippen LogP contribution in [-0.2, 0) is 0 Å². The van der Waals surface area contributed by atoms with Crippen molar-refractivity contribution >= 4 is 11.9 Å². The number of aromatic nitrogens is 3. The van der Waals surface area contributed by atoms with E-state index >= 15 is 0 Å². The summed E-state index contributed by atoms with van der Waals surface area (Å²) in [5, 5.41) is 11.3. The lowest BCUT2D eigenvalue weighted by Gasteiger charge is -2.36. The molecule has 0 aliphatic carbocycles. The van der Waals surface area contributed by atoms with Crippen LogP contribution in [0.25, 0.3) is 5.69 Å². The lowest BCUT2D eigenvalue weighted by molar-refractivity contribution is 0.0628. The number of carbonyl (C=O) groups excluding carboxylic acids is 2. The molecule has 4 rings (SSSR count). The van der Waals surface area contributed by atoms with Gasteiger partial charge in [0.05, 0.1) is 17.9 Å². The van der Waals surface area contributed by atoms with Crippen LogP contribution < -0.4 is 5.32 Å². The highest BCUT2D eigenvalue weighted by molar-refractivity contribution is 5.92. The highest BCUT2D eigenvalue weighted by atomic mass is 16.2. The SMILES string of the molecule is O=C(c1cnn(-c2ccccc2)n1)N1CCCC(N2CCNC2=O)C1. The molecule has 1 N–H and O–H groups in total. The number of nitrogens with zero attached hydrogens (tertiary/aromatic N) is 5. The van der Waals surface area contributed by atoms with Gasteiger partial charge >= 0.3 is 6.03 Å². The standard InChI is InChI=1S/C17H20N6O2/c24-16(15-11-19-23(20-15)13-5-2-1-3-6-13)21-9-4-7-14(12-21)22-10-8-18-17(22)25/h1-3,5-6,11,14H,4,7-10,12H2,(H,18,25). The Kier molecular flexibility index (Phi) is 4.09. The van der Waals surface area contributed by atoms with Gasteiger partial charge in [-0.3, -0.25) is 4.79 Å². The minimum absolute atomic E-state index is 0.0330. The molecule has 1 atom stereocenters. The van der Waals surface area contributed by atoms with Gasteiger partial charge in [-0.25, -0.2) is 4.79 Å². The molecule has 25 heavy (non-hydrogen) atoms. The van der Waals surface area contributed by atoms with Gasteiger partial charge < -0.3 is 15.1 Å². The Morgan fingerprint density at radius 1 is 1.20 bits per heavy atom. The lowest BCUT2D eigenvalue weighted by Crippen LogP contribution is -2.50. The molecule has 3 amide bonds. The van der Waals surface area contributed by atoms with Gasteiger partial charge in [-0.15, -0.1) is 5.10 Å². The largest absolute Gasteiger partial charge is 0.336 e. The maximum absolute atomic E-state index is 12.8. The first-order valence-corrected chi connectivity index (χ1v) is 8.54. The van der Waals surface area contributed by atoms with Gasteiger partial charge in [-0.2, -0.15) is 9.90 Å². The number of benzene rings is 1. The highest BCUT2D eigenvalue weighted by Gasteiger charge is 2.33. The molecule has 1 aromatic heterocycles. The van der Waals surface area contributed by atoms with Crippen LogP contribution >= 0.6 is 0 Å². The number of nitrogens with one attached hydrogen (secondary N) is 1. The Morgan fingerprint density at radius 2 is 2.04 bits per heavy atom. The van der Waals surface area contributed by atoms with Crippen LogP contribution in [-0.4, -0.2) is 69.0 Å². The summed E-state index contributed by atoms with van der Waals surface area (Å²) in [5.74, 6) is -0.133. The summed E-state index contributed by atoms with van der Waals surface area (Å²) in [4.78, 5) is 29.7. The van der Waals surface area contributed by atoms with Crippen molar-refractivity contribution in [3.05, 3.63) is 42.2 Å². The molecule has 8 nitrogen and oxygen atoms in total. The molecule has 0 radical (unpaired) electrons. The first kappa shape index (κ1) is 15.6. The first-order valence-electron chi connectivity index (χ1n) is 8.54. The van der Waals surface area contributed by atoms with Gasteiger partial charge in [0.1, 0.15) is 0 Å². The van der Waals surface area contributed by atoms with Crippen molar-refractivity contribution in [2.45, 2.75) is 18.9 Å². The second-order valence-electron chi connectivity index (χ2n) is 6.33. The van der Waals surface area contributed by atoms with E-state index < -0.39 is 0 Å². The van der Waals surface area contributed by atoms with E-state index in [0.29, 0.717) is 31.9 Å². The van der Waals surface area contributed by atoms with E-state index in [9.17, 15) is 9.59 Å². The third-order valence-electron chi connectivity index (χ3n) is 4.71. The number of hydrogen-bond donors (Lipinski definition) is 1. The molecule has 3 heterocycles. The molecule has 2 aliphatic rings. The van der Waals surface area contributed by atoms with Crippen LogP contribution in [0.2, 0.25) is 0 Å². The number of rotatable bonds is 3. The molecule has 2 aliphatic heterocycles. The zero-order valence-electron chi connectivity index (χ0n) is 13.8. The molecule has 2 aromatic rings. The molecule has 1 aromatic carbocycles. The Bertz CT molecular complexity index is 774. The van der Waals surface area contributed by atoms with Crippen LogP contribution in [0.1, 0.15) is 23.3 Å². The van der Waals surface area contributed by atoms with Crippen molar-refractivity contribution < 1.29 is 9.59 Å². The fourth-order valence-corrected chi connectivity index (χ4v) is 3.44. The van der Waals surface area contributed by atoms with Gasteiger partial charge in [-0.1, -0.05) is 18.2 Å². The number of para-hydroxylation sites is 1. The molecular weight excluding hydrogens is 320 g/mol. The van der Waals surface area contributed by atoms with Crippen molar-refractivity contribution in [1.29, 1.82) is 0 Å². The second-order valence-corrected chi connectivity index (χ2v) is 6.33. The smallest absolute Gasteiger partial charge is 0.317 e. The van der Waals surface area contributed by atoms with Crippen LogP contribution in [0, 0.1) is 0 Å². The minimum Gasteiger partial charge on any atom is -0.336 e. The molecule has 8 heteroatoms. The maximum Gasteiger partial charge on any atom is 0.317 e. The summed E-state index contributed by atoms with van der Waals surface area (Å²) in [6, 6.07) is 9.53. The summed E-state index contributed by atoms with van der Waals surface area (Å²) in [5.41, 5.74) is 1.14. The van der Waals surface area contributed by atoms with Crippen molar-refractivity contribution in [3.8, 4) is 5.69 Å². The maximum atomic E-state index is 12.8. The first-order chi connectivity index (χ1) is 12.2. The zero-order valence-corrected chi connectivity index (χ0v) is 13.8. The van der Waals surface area contributed by atoms with Crippen molar-refractivity contribution in [2.75, 3.05) is 26.2 Å². The Balaban J connectivity index is 1.47. The van der Waals surface area contributed by atoms with E-state index in [-0.39, 0.29) is 18.0 Å². The van der Waals surface area contributed by atoms with E-state index in [4.69, 9.17) is 0 Å². The van der Waals surface area contributed by atoms with Crippen LogP contribution in [0.15, 0.2) is 36.5 Å². The van der Waals surface area contributed by atoms with Gasteiger partial charge in [-0.05, 0) is 25.0 Å². The van der Waals surface area contributed by atoms with Crippen LogP contribution in [0.5, 0.6) is 0 Å². The van der Waals surface area contributed by atoms with Gasteiger partial charge in [0.2, 0.25) is 0 Å². The van der Waals surface area contributed by atoms with E-state index in [0.717, 1.165) is 18.5 Å². The summed E-state index contributed by atoms with van der Waals surface area (Å²) in [6.07, 6.45) is 3.31. The van der Waals surface area contributed by atoms with E-state index in [1.807, 2.05) is 35.2 Å². The van der Waals surface area contributed by atoms with E-state index in [1.54, 1.807) is 4.90 Å². The van der Waals surface area contributed by atoms with Gasteiger partial charge in [0.25, 0.3) is 5.91 Å². The topological polar surface area (TPSA) is 83.4 Å². The molecule has 0 spiro atoms. The number of likely N-dealkylation sites (tertiary alicyclic amines) is 1. The number of urea groups is 1. The number of hydrogen-bond acceptors (Lipinski definition) is 4. The average molecular weight is 340 g/mol. The van der Waals surface area contributed by atoms with Crippen molar-refractivity contribution in [1.82, 2.24) is 30.1 Å². The second kappa shape index (κ2) is 6.54. The van der Waals surface area contributed by atoms with Crippen LogP contribution in [0.4, 0.5) is 4.79 Å². The number of carbonyl (C=O) groups is 2. The lowest BCUT2D eigenvalue weighted by atomic mass is 10.0. The molecule has 2 fully saturated rings. The Labute approximate surface area is 145 Å². The number of amides is 3. The molecule has 1 unspecified atom stereocenters.